The Morgan fingerprint density at radius 1 is 1.30 bits per heavy atom. The summed E-state index contributed by atoms with van der Waals surface area (Å²) in [5, 5.41) is 11.1. The number of benzene rings is 1. The monoisotopic (exact) mass is 367 g/mol. The molecule has 0 unspecified atom stereocenters. The molecule has 1 amide bonds. The van der Waals surface area contributed by atoms with E-state index >= 15 is 0 Å². The summed E-state index contributed by atoms with van der Waals surface area (Å²) < 4.78 is 3.90. The van der Waals surface area contributed by atoms with E-state index < -0.39 is 0 Å². The van der Waals surface area contributed by atoms with Gasteiger partial charge in [0.15, 0.2) is 0 Å². The van der Waals surface area contributed by atoms with Gasteiger partial charge < -0.3 is 9.47 Å². The van der Waals surface area contributed by atoms with E-state index in [4.69, 9.17) is 4.98 Å². The number of nitrogens with zero attached hydrogens (tertiary/aromatic N) is 7. The number of carbonyl (C=O) groups excluding carboxylic acids is 1. The molecule has 1 aliphatic heterocycles. The van der Waals surface area contributed by atoms with Crippen LogP contribution in [0.5, 0.6) is 0 Å². The molecule has 8 heteroatoms. The molecule has 142 valence electrons. The van der Waals surface area contributed by atoms with Gasteiger partial charge in [-0.1, -0.05) is 26.0 Å². The van der Waals surface area contributed by atoms with Crippen LogP contribution in [0.2, 0.25) is 0 Å². The fourth-order valence-corrected chi connectivity index (χ4v) is 3.88. The summed E-state index contributed by atoms with van der Waals surface area (Å²) >= 11 is 0. The number of tetrazole rings is 1. The number of hydrogen-bond donors (Lipinski definition) is 0. The van der Waals surface area contributed by atoms with Crippen molar-refractivity contribution in [2.45, 2.75) is 52.2 Å². The fraction of sp³-hybridized carbons (Fsp3) is 0.526. The molecule has 3 heterocycles. The van der Waals surface area contributed by atoms with E-state index in [0.717, 1.165) is 42.8 Å². The smallest absolute Gasteiger partial charge is 0.225 e. The first kappa shape index (κ1) is 17.6. The molecule has 1 aliphatic rings. The minimum absolute atomic E-state index is 0.0394. The molecule has 8 nitrogen and oxygen atoms in total. The Labute approximate surface area is 158 Å². The van der Waals surface area contributed by atoms with Crippen LogP contribution in [0.3, 0.4) is 0 Å². The normalized spacial score (nSPS) is 17.3. The van der Waals surface area contributed by atoms with Crippen molar-refractivity contribution < 1.29 is 4.79 Å². The lowest BCUT2D eigenvalue weighted by molar-refractivity contribution is -0.132. The molecule has 0 saturated carbocycles. The minimum atomic E-state index is 0.0394. The van der Waals surface area contributed by atoms with Crippen molar-refractivity contribution in [2.24, 2.45) is 5.92 Å². The average molecular weight is 367 g/mol. The number of imidazole rings is 1. The molecule has 1 atom stereocenters. The molecule has 1 saturated heterocycles. The van der Waals surface area contributed by atoms with Crippen LogP contribution in [-0.4, -0.2) is 47.1 Å². The van der Waals surface area contributed by atoms with Crippen LogP contribution in [0, 0.1) is 5.92 Å². The van der Waals surface area contributed by atoms with E-state index in [-0.39, 0.29) is 11.9 Å². The van der Waals surface area contributed by atoms with Crippen LogP contribution < -0.4 is 0 Å². The Kier molecular flexibility index (Phi) is 4.87. The zero-order valence-corrected chi connectivity index (χ0v) is 15.8. The van der Waals surface area contributed by atoms with E-state index in [1.54, 1.807) is 4.68 Å². The van der Waals surface area contributed by atoms with Gasteiger partial charge in [0.1, 0.15) is 12.2 Å². The number of aryl methyl sites for hydroxylation is 1. The third-order valence-corrected chi connectivity index (χ3v) is 5.05. The molecule has 4 rings (SSSR count). The molecule has 27 heavy (non-hydrogen) atoms. The van der Waals surface area contributed by atoms with Crippen LogP contribution in [0.4, 0.5) is 0 Å². The molecule has 0 bridgehead atoms. The predicted octanol–water partition coefficient (Wildman–Crippen LogP) is 2.43. The van der Waals surface area contributed by atoms with E-state index in [0.29, 0.717) is 18.9 Å². The summed E-state index contributed by atoms with van der Waals surface area (Å²) in [6.45, 7) is 6.60. The van der Waals surface area contributed by atoms with Crippen molar-refractivity contribution >= 4 is 16.9 Å². The van der Waals surface area contributed by atoms with Gasteiger partial charge in [0.2, 0.25) is 5.91 Å². The van der Waals surface area contributed by atoms with Gasteiger partial charge in [-0.2, -0.15) is 0 Å². The molecule has 1 aromatic carbocycles. The summed E-state index contributed by atoms with van der Waals surface area (Å²) in [7, 11) is 0. The number of para-hydroxylation sites is 2. The SMILES string of the molecule is CC(C)Cn1c([C@@H]2CCCN2C(=O)CCn2cnnn2)nc2ccccc21. The molecular weight excluding hydrogens is 342 g/mol. The van der Waals surface area contributed by atoms with Gasteiger partial charge in [-0.25, -0.2) is 9.67 Å². The van der Waals surface area contributed by atoms with Crippen LogP contribution in [0.25, 0.3) is 11.0 Å². The molecule has 1 fully saturated rings. The Balaban J connectivity index is 1.60. The first-order chi connectivity index (χ1) is 13.1. The Morgan fingerprint density at radius 3 is 2.93 bits per heavy atom. The molecule has 0 aliphatic carbocycles. The van der Waals surface area contributed by atoms with Gasteiger partial charge in [-0.05, 0) is 41.3 Å². The second-order valence-corrected chi connectivity index (χ2v) is 7.53. The van der Waals surface area contributed by atoms with Gasteiger partial charge in [0, 0.05) is 19.5 Å². The number of rotatable bonds is 6. The third-order valence-electron chi connectivity index (χ3n) is 5.05. The molecule has 0 N–H and O–H groups in total. The summed E-state index contributed by atoms with van der Waals surface area (Å²) in [4.78, 5) is 19.8. The van der Waals surface area contributed by atoms with Gasteiger partial charge in [0.05, 0.1) is 23.6 Å². The number of amides is 1. The highest BCUT2D eigenvalue weighted by Gasteiger charge is 2.33. The maximum Gasteiger partial charge on any atom is 0.225 e. The highest BCUT2D eigenvalue weighted by molar-refractivity contribution is 5.78. The highest BCUT2D eigenvalue weighted by atomic mass is 16.2. The summed E-state index contributed by atoms with van der Waals surface area (Å²) in [5.74, 6) is 1.65. The van der Waals surface area contributed by atoms with Gasteiger partial charge >= 0.3 is 0 Å². The largest absolute Gasteiger partial charge is 0.332 e. The molecule has 0 spiro atoms. The van der Waals surface area contributed by atoms with Crippen LogP contribution in [0.15, 0.2) is 30.6 Å². The lowest BCUT2D eigenvalue weighted by atomic mass is 10.1. The quantitative estimate of drug-likeness (QED) is 0.668. The van der Waals surface area contributed by atoms with E-state index in [1.807, 2.05) is 17.0 Å². The second-order valence-electron chi connectivity index (χ2n) is 7.53. The van der Waals surface area contributed by atoms with Crippen molar-refractivity contribution in [2.75, 3.05) is 6.54 Å². The maximum absolute atomic E-state index is 12.9. The summed E-state index contributed by atoms with van der Waals surface area (Å²) in [6, 6.07) is 8.27. The van der Waals surface area contributed by atoms with E-state index in [2.05, 4.69) is 46.1 Å². The lowest BCUT2D eigenvalue weighted by Crippen LogP contribution is -2.32. The summed E-state index contributed by atoms with van der Waals surface area (Å²) in [5.41, 5.74) is 2.15. The van der Waals surface area contributed by atoms with Gasteiger partial charge in [-0.3, -0.25) is 4.79 Å². The average Bonchev–Trinajstić information content (AvgIpc) is 3.39. The zero-order valence-electron chi connectivity index (χ0n) is 15.8. The fourth-order valence-electron chi connectivity index (χ4n) is 3.88. The highest BCUT2D eigenvalue weighted by Crippen LogP contribution is 2.34. The van der Waals surface area contributed by atoms with Crippen molar-refractivity contribution in [3.05, 3.63) is 36.4 Å². The van der Waals surface area contributed by atoms with E-state index in [9.17, 15) is 4.79 Å². The Hall–Kier alpha value is -2.77. The Morgan fingerprint density at radius 2 is 2.15 bits per heavy atom. The maximum atomic E-state index is 12.9. The van der Waals surface area contributed by atoms with Crippen molar-refractivity contribution in [3.63, 3.8) is 0 Å². The van der Waals surface area contributed by atoms with Gasteiger partial charge in [0.25, 0.3) is 0 Å². The second kappa shape index (κ2) is 7.46. The van der Waals surface area contributed by atoms with Crippen molar-refractivity contribution in [1.29, 1.82) is 0 Å². The Bertz CT molecular complexity index is 915. The van der Waals surface area contributed by atoms with E-state index in [1.165, 1.54) is 6.33 Å². The number of hydrogen-bond acceptors (Lipinski definition) is 5. The molecule has 0 radical (unpaired) electrons. The zero-order chi connectivity index (χ0) is 18.8. The van der Waals surface area contributed by atoms with Crippen molar-refractivity contribution in [1.82, 2.24) is 34.7 Å². The van der Waals surface area contributed by atoms with Crippen LogP contribution in [-0.2, 0) is 17.9 Å². The molecule has 2 aromatic heterocycles. The van der Waals surface area contributed by atoms with Crippen molar-refractivity contribution in [3.8, 4) is 0 Å². The first-order valence-electron chi connectivity index (χ1n) is 9.59. The first-order valence-corrected chi connectivity index (χ1v) is 9.59. The van der Waals surface area contributed by atoms with Crippen LogP contribution in [0.1, 0.15) is 45.0 Å². The standard InChI is InChI=1S/C19H25N7O/c1-14(2)12-26-16-7-4-3-6-15(16)21-19(26)17-8-5-10-25(17)18(27)9-11-24-13-20-22-23-24/h3-4,6-7,13-14,17H,5,8-12H2,1-2H3/t17-/m0/s1. The van der Waals surface area contributed by atoms with Crippen LogP contribution >= 0.6 is 0 Å². The number of fused-ring (bicyclic) bond motifs is 1. The number of aromatic nitrogens is 6. The van der Waals surface area contributed by atoms with Gasteiger partial charge in [-0.15, -0.1) is 5.10 Å². The minimum Gasteiger partial charge on any atom is -0.332 e. The molecular formula is C19H25N7O. The predicted molar refractivity (Wildman–Crippen MR) is 101 cm³/mol. The summed E-state index contributed by atoms with van der Waals surface area (Å²) in [6.07, 6.45) is 3.90. The number of carbonyl (C=O) groups is 1. The molecule has 3 aromatic rings. The topological polar surface area (TPSA) is 81.7 Å². The lowest BCUT2D eigenvalue weighted by Gasteiger charge is -2.25. The third kappa shape index (κ3) is 3.56. The number of likely N-dealkylation sites (tertiary alicyclic amines) is 1.